The maximum atomic E-state index is 10.8. The average Bonchev–Trinajstić information content (AvgIpc) is 2.70. The van der Waals surface area contributed by atoms with Gasteiger partial charge >= 0.3 is 5.97 Å². The number of hydrogen-bond donors (Lipinski definition) is 2. The van der Waals surface area contributed by atoms with Gasteiger partial charge in [0.2, 0.25) is 0 Å². The lowest BCUT2D eigenvalue weighted by atomic mass is 10.2. The van der Waals surface area contributed by atoms with Crippen LogP contribution in [0.4, 0.5) is 0 Å². The lowest BCUT2D eigenvalue weighted by Crippen LogP contribution is -1.99. The van der Waals surface area contributed by atoms with E-state index in [0.717, 1.165) is 0 Å². The fourth-order valence-corrected chi connectivity index (χ4v) is 1.23. The van der Waals surface area contributed by atoms with Crippen molar-refractivity contribution in [1.29, 1.82) is 0 Å². The summed E-state index contributed by atoms with van der Waals surface area (Å²) in [5.74, 6) is -1.00. The van der Waals surface area contributed by atoms with E-state index in [4.69, 9.17) is 5.11 Å². The number of rotatable bonds is 2. The lowest BCUT2D eigenvalue weighted by Gasteiger charge is -1.93. The molecule has 0 saturated carbocycles. The van der Waals surface area contributed by atoms with Crippen molar-refractivity contribution in [3.63, 3.8) is 0 Å². The second kappa shape index (κ2) is 2.99. The molecule has 0 aliphatic rings. The predicted octanol–water partition coefficient (Wildman–Crippen LogP) is 0.508. The Labute approximate surface area is 79.2 Å². The van der Waals surface area contributed by atoms with Crippen molar-refractivity contribution in [2.75, 3.05) is 0 Å². The molecule has 0 aromatic carbocycles. The maximum Gasteiger partial charge on any atom is 0.353 e. The fraction of sp³-hybridized carbons (Fsp3) is 0.125. The second-order valence-corrected chi connectivity index (χ2v) is 2.79. The molecule has 0 unspecified atom stereocenters. The first-order valence-electron chi connectivity index (χ1n) is 3.96. The summed E-state index contributed by atoms with van der Waals surface area (Å²) < 4.78 is 0. The topological polar surface area (TPSA) is 83.8 Å². The molecule has 0 aliphatic heterocycles. The van der Waals surface area contributed by atoms with Crippen LogP contribution >= 0.6 is 0 Å². The summed E-state index contributed by atoms with van der Waals surface area (Å²) in [6.45, 7) is 0. The van der Waals surface area contributed by atoms with Crippen LogP contribution in [0.15, 0.2) is 18.5 Å². The molecule has 0 amide bonds. The van der Waals surface area contributed by atoms with Crippen LogP contribution in [0.25, 0.3) is 11.3 Å². The minimum absolute atomic E-state index is 0.130. The van der Waals surface area contributed by atoms with E-state index in [1.54, 1.807) is 19.3 Å². The third-order valence-corrected chi connectivity index (χ3v) is 1.84. The zero-order valence-corrected chi connectivity index (χ0v) is 7.43. The van der Waals surface area contributed by atoms with Gasteiger partial charge in [-0.05, 0) is 6.07 Å². The Morgan fingerprint density at radius 3 is 3.00 bits per heavy atom. The van der Waals surface area contributed by atoms with Crippen molar-refractivity contribution in [1.82, 2.24) is 20.0 Å². The Balaban J connectivity index is 2.51. The van der Waals surface area contributed by atoms with Gasteiger partial charge < -0.3 is 10.1 Å². The first-order valence-corrected chi connectivity index (χ1v) is 3.96. The van der Waals surface area contributed by atoms with E-state index in [0.29, 0.717) is 11.3 Å². The van der Waals surface area contributed by atoms with Crippen LogP contribution in [-0.4, -0.2) is 31.1 Å². The van der Waals surface area contributed by atoms with E-state index in [1.807, 2.05) is 0 Å². The summed E-state index contributed by atoms with van der Waals surface area (Å²) in [6, 6.07) is 1.66. The van der Waals surface area contributed by atoms with Gasteiger partial charge in [-0.1, -0.05) is 0 Å². The van der Waals surface area contributed by atoms with Crippen LogP contribution in [0.2, 0.25) is 0 Å². The molecule has 0 bridgehead atoms. The van der Waals surface area contributed by atoms with Crippen LogP contribution in [0.1, 0.15) is 10.5 Å². The predicted molar refractivity (Wildman–Crippen MR) is 47.7 cm³/mol. The molecule has 6 heteroatoms. The lowest BCUT2D eigenvalue weighted by molar-refractivity contribution is 0.0692. The van der Waals surface area contributed by atoms with E-state index in [1.165, 1.54) is 11.0 Å². The highest BCUT2D eigenvalue weighted by Crippen LogP contribution is 2.19. The quantitative estimate of drug-likeness (QED) is 0.726. The van der Waals surface area contributed by atoms with Crippen molar-refractivity contribution < 1.29 is 9.90 Å². The third kappa shape index (κ3) is 1.26. The highest BCUT2D eigenvalue weighted by Gasteiger charge is 2.14. The smallest absolute Gasteiger partial charge is 0.353 e. The summed E-state index contributed by atoms with van der Waals surface area (Å²) in [6.07, 6.45) is 3.09. The Morgan fingerprint density at radius 1 is 1.64 bits per heavy atom. The Hall–Kier alpha value is -2.11. The average molecular weight is 192 g/mol. The first-order chi connectivity index (χ1) is 6.68. The van der Waals surface area contributed by atoms with Crippen molar-refractivity contribution in [2.45, 2.75) is 0 Å². The largest absolute Gasteiger partial charge is 0.477 e. The summed E-state index contributed by atoms with van der Waals surface area (Å²) in [5, 5.41) is 16.7. The van der Waals surface area contributed by atoms with Gasteiger partial charge in [0.25, 0.3) is 0 Å². The molecule has 0 radical (unpaired) electrons. The zero-order chi connectivity index (χ0) is 10.1. The number of carbonyl (C=O) groups is 1. The molecule has 0 atom stereocenters. The summed E-state index contributed by atoms with van der Waals surface area (Å²) in [5.41, 5.74) is 1.22. The van der Waals surface area contributed by atoms with Gasteiger partial charge in [0.05, 0.1) is 6.20 Å². The number of aryl methyl sites for hydroxylation is 1. The summed E-state index contributed by atoms with van der Waals surface area (Å²) in [4.78, 5) is 14.8. The van der Waals surface area contributed by atoms with Crippen LogP contribution in [0.5, 0.6) is 0 Å². The number of H-pyrrole nitrogens is 1. The number of carboxylic acid groups (broad SMARTS) is 1. The van der Waals surface area contributed by atoms with Gasteiger partial charge in [-0.3, -0.25) is 0 Å². The number of hydrogen-bond acceptors (Lipinski definition) is 3. The van der Waals surface area contributed by atoms with Gasteiger partial charge in [0.1, 0.15) is 11.4 Å². The van der Waals surface area contributed by atoms with Crippen LogP contribution in [-0.2, 0) is 7.05 Å². The molecule has 2 N–H and O–H groups in total. The van der Waals surface area contributed by atoms with Crippen molar-refractivity contribution >= 4 is 5.97 Å². The number of carboxylic acids is 1. The molecular formula is C8H8N4O2. The van der Waals surface area contributed by atoms with Crippen LogP contribution < -0.4 is 0 Å². The molecule has 0 aliphatic carbocycles. The van der Waals surface area contributed by atoms with Gasteiger partial charge in [-0.15, -0.1) is 0 Å². The normalized spacial score (nSPS) is 10.4. The minimum Gasteiger partial charge on any atom is -0.477 e. The molecule has 72 valence electrons. The number of nitrogens with one attached hydrogen (secondary N) is 1. The number of aromatic amines is 1. The Morgan fingerprint density at radius 2 is 2.43 bits per heavy atom. The molecule has 14 heavy (non-hydrogen) atoms. The highest BCUT2D eigenvalue weighted by atomic mass is 16.4. The molecule has 2 aromatic heterocycles. The summed E-state index contributed by atoms with van der Waals surface area (Å²) >= 11 is 0. The Bertz CT molecular complexity index is 471. The van der Waals surface area contributed by atoms with Crippen molar-refractivity contribution in [3.8, 4) is 11.3 Å². The molecule has 2 rings (SSSR count). The van der Waals surface area contributed by atoms with E-state index < -0.39 is 5.97 Å². The van der Waals surface area contributed by atoms with Crippen molar-refractivity contribution in [2.24, 2.45) is 7.05 Å². The molecule has 6 nitrogen and oxygen atoms in total. The van der Waals surface area contributed by atoms with E-state index in [9.17, 15) is 4.79 Å². The molecule has 2 aromatic rings. The van der Waals surface area contributed by atoms with Crippen molar-refractivity contribution in [3.05, 3.63) is 24.2 Å². The maximum absolute atomic E-state index is 10.8. The van der Waals surface area contributed by atoms with Gasteiger partial charge in [-0.2, -0.15) is 15.0 Å². The van der Waals surface area contributed by atoms with Crippen LogP contribution in [0.3, 0.4) is 0 Å². The summed E-state index contributed by atoms with van der Waals surface area (Å²) in [7, 11) is 1.68. The van der Waals surface area contributed by atoms with Gasteiger partial charge in [0, 0.05) is 18.8 Å². The van der Waals surface area contributed by atoms with E-state index in [-0.39, 0.29) is 5.69 Å². The second-order valence-electron chi connectivity index (χ2n) is 2.79. The zero-order valence-electron chi connectivity index (χ0n) is 7.43. The molecule has 0 fully saturated rings. The van der Waals surface area contributed by atoms with E-state index in [2.05, 4.69) is 15.2 Å². The third-order valence-electron chi connectivity index (χ3n) is 1.84. The van der Waals surface area contributed by atoms with Gasteiger partial charge in [-0.25, -0.2) is 4.79 Å². The highest BCUT2D eigenvalue weighted by molar-refractivity contribution is 5.93. The minimum atomic E-state index is -1.00. The Kier molecular flexibility index (Phi) is 1.81. The molecule has 0 saturated heterocycles. The molecular weight excluding hydrogens is 184 g/mol. The number of aromatic carboxylic acids is 1. The number of nitrogens with zero attached hydrogens (tertiary/aromatic N) is 3. The number of aromatic nitrogens is 4. The van der Waals surface area contributed by atoms with Gasteiger partial charge in [0.15, 0.2) is 0 Å². The van der Waals surface area contributed by atoms with E-state index >= 15 is 0 Å². The SMILES string of the molecule is Cn1ncc(-c2cc[nH]c2C(=O)O)n1. The first kappa shape index (κ1) is 8.49. The molecule has 0 spiro atoms. The molecule has 2 heterocycles. The standard InChI is InChI=1S/C8H8N4O2/c1-12-10-4-6(11-12)5-2-3-9-7(5)8(13)14/h2-4,9H,1H3,(H,13,14). The fourth-order valence-electron chi connectivity index (χ4n) is 1.23. The monoisotopic (exact) mass is 192 g/mol. The van der Waals surface area contributed by atoms with Crippen LogP contribution in [0, 0.1) is 0 Å².